The van der Waals surface area contributed by atoms with Crippen LogP contribution in [-0.2, 0) is 13.1 Å². The summed E-state index contributed by atoms with van der Waals surface area (Å²) >= 11 is 5.18. The first kappa shape index (κ1) is 15.5. The molecule has 24 heavy (non-hydrogen) atoms. The van der Waals surface area contributed by atoms with Crippen LogP contribution in [-0.4, -0.2) is 14.6 Å². The van der Waals surface area contributed by atoms with Crippen LogP contribution in [0.2, 0.25) is 0 Å². The van der Waals surface area contributed by atoms with Crippen LogP contribution in [0.15, 0.2) is 65.3 Å². The summed E-state index contributed by atoms with van der Waals surface area (Å²) < 4.78 is 3.10. The van der Waals surface area contributed by atoms with Crippen LogP contribution in [0.3, 0.4) is 0 Å². The maximum atomic E-state index is 4.32. The molecule has 0 aliphatic rings. The van der Waals surface area contributed by atoms with Gasteiger partial charge in [0.25, 0.3) is 0 Å². The summed E-state index contributed by atoms with van der Waals surface area (Å²) in [5.74, 6) is 0.872. The van der Waals surface area contributed by atoms with Crippen molar-refractivity contribution in [2.24, 2.45) is 0 Å². The Kier molecular flexibility index (Phi) is 4.42. The maximum absolute atomic E-state index is 4.32. The Labute approximate surface area is 152 Å². The van der Waals surface area contributed by atoms with Crippen molar-refractivity contribution in [2.45, 2.75) is 13.1 Å². The van der Waals surface area contributed by atoms with Crippen molar-refractivity contribution < 1.29 is 0 Å². The number of benzene rings is 2. The van der Waals surface area contributed by atoms with E-state index in [1.165, 1.54) is 10.4 Å². The van der Waals surface area contributed by atoms with Crippen molar-refractivity contribution in [1.29, 1.82) is 0 Å². The molecule has 0 fully saturated rings. The molecule has 0 saturated carbocycles. The van der Waals surface area contributed by atoms with Gasteiger partial charge in [-0.2, -0.15) is 0 Å². The lowest BCUT2D eigenvalue weighted by Crippen LogP contribution is -2.11. The Balaban J connectivity index is 1.52. The Morgan fingerprint density at radius 2 is 1.88 bits per heavy atom. The lowest BCUT2D eigenvalue weighted by atomic mass is 10.2. The molecule has 2 aromatic carbocycles. The Morgan fingerprint density at radius 3 is 2.71 bits per heavy atom. The molecule has 4 rings (SSSR count). The summed E-state index contributed by atoms with van der Waals surface area (Å²) in [5.41, 5.74) is 2.34. The first-order valence-corrected chi connectivity index (χ1v) is 9.24. The van der Waals surface area contributed by atoms with Crippen LogP contribution >= 0.6 is 27.3 Å². The van der Waals surface area contributed by atoms with E-state index in [-0.39, 0.29) is 0 Å². The molecule has 0 amide bonds. The van der Waals surface area contributed by atoms with Gasteiger partial charge in [0.1, 0.15) is 0 Å². The van der Waals surface area contributed by atoms with Gasteiger partial charge in [-0.25, -0.2) is 0 Å². The number of aromatic nitrogens is 3. The van der Waals surface area contributed by atoms with Crippen LogP contribution in [0, 0.1) is 0 Å². The summed E-state index contributed by atoms with van der Waals surface area (Å²) in [7, 11) is 0. The number of thiazole rings is 1. The van der Waals surface area contributed by atoms with Crippen LogP contribution in [0.1, 0.15) is 10.4 Å². The third-order valence-corrected chi connectivity index (χ3v) is 5.18. The van der Waals surface area contributed by atoms with Gasteiger partial charge in [0, 0.05) is 34.2 Å². The van der Waals surface area contributed by atoms with E-state index in [9.17, 15) is 0 Å². The lowest BCUT2D eigenvalue weighted by Gasteiger charge is -2.02. The lowest BCUT2D eigenvalue weighted by molar-refractivity contribution is 0.699. The van der Waals surface area contributed by atoms with Gasteiger partial charge in [0.2, 0.25) is 4.96 Å². The van der Waals surface area contributed by atoms with E-state index >= 15 is 0 Å². The van der Waals surface area contributed by atoms with Crippen molar-refractivity contribution in [3.8, 4) is 11.4 Å². The summed E-state index contributed by atoms with van der Waals surface area (Å²) in [6, 6.07) is 18.5. The second-order valence-electron chi connectivity index (χ2n) is 5.47. The normalized spacial score (nSPS) is 11.2. The van der Waals surface area contributed by atoms with Crippen LogP contribution in [0.4, 0.5) is 0 Å². The molecule has 0 bridgehead atoms. The molecule has 4 aromatic rings. The molecule has 0 spiro atoms. The molecule has 0 aliphatic heterocycles. The zero-order chi connectivity index (χ0) is 16.4. The van der Waals surface area contributed by atoms with E-state index in [2.05, 4.69) is 72.4 Å². The van der Waals surface area contributed by atoms with Crippen molar-refractivity contribution in [1.82, 2.24) is 19.9 Å². The molecule has 6 heteroatoms. The van der Waals surface area contributed by atoms with Crippen LogP contribution in [0.5, 0.6) is 0 Å². The number of halogens is 1. The van der Waals surface area contributed by atoms with Crippen molar-refractivity contribution in [2.75, 3.05) is 0 Å². The predicted molar refractivity (Wildman–Crippen MR) is 101 cm³/mol. The second-order valence-corrected chi connectivity index (χ2v) is 7.48. The van der Waals surface area contributed by atoms with Gasteiger partial charge in [-0.3, -0.25) is 4.40 Å². The zero-order valence-electron chi connectivity index (χ0n) is 12.8. The molecule has 2 heterocycles. The van der Waals surface area contributed by atoms with E-state index in [1.54, 1.807) is 11.3 Å². The summed E-state index contributed by atoms with van der Waals surface area (Å²) in [6.07, 6.45) is 2.12. The molecule has 0 aliphatic carbocycles. The number of nitrogens with one attached hydrogen (secondary N) is 1. The van der Waals surface area contributed by atoms with Gasteiger partial charge in [0.05, 0.1) is 0 Å². The van der Waals surface area contributed by atoms with Gasteiger partial charge in [0.15, 0.2) is 5.82 Å². The predicted octanol–water partition coefficient (Wildman–Crippen LogP) is 4.51. The van der Waals surface area contributed by atoms with E-state index in [1.807, 2.05) is 24.3 Å². The number of fused-ring (bicyclic) bond motifs is 1. The first-order chi connectivity index (χ1) is 11.8. The average Bonchev–Trinajstić information content (AvgIpc) is 3.16. The topological polar surface area (TPSA) is 42.2 Å². The Morgan fingerprint density at radius 1 is 1.00 bits per heavy atom. The number of hydrogen-bond donors (Lipinski definition) is 1. The van der Waals surface area contributed by atoms with E-state index < -0.39 is 0 Å². The fourth-order valence-corrected chi connectivity index (χ4v) is 3.87. The van der Waals surface area contributed by atoms with Crippen LogP contribution < -0.4 is 5.32 Å². The third-order valence-electron chi connectivity index (χ3n) is 3.71. The minimum absolute atomic E-state index is 0.820. The smallest absolute Gasteiger partial charge is 0.216 e. The summed E-state index contributed by atoms with van der Waals surface area (Å²) in [5, 5.41) is 12.1. The fraction of sp³-hybridized carbons (Fsp3) is 0.111. The average molecular weight is 399 g/mol. The van der Waals surface area contributed by atoms with Gasteiger partial charge in [-0.15, -0.1) is 10.2 Å². The van der Waals surface area contributed by atoms with E-state index in [4.69, 9.17) is 0 Å². The minimum atomic E-state index is 0.820. The second kappa shape index (κ2) is 6.84. The molecule has 120 valence electrons. The SMILES string of the molecule is Brc1cccc(-c2nnc3sc(CNCc4ccccc4)cn23)c1. The highest BCUT2D eigenvalue weighted by Crippen LogP contribution is 2.25. The summed E-state index contributed by atoms with van der Waals surface area (Å²) in [4.78, 5) is 2.16. The fourth-order valence-electron chi connectivity index (χ4n) is 2.58. The molecular weight excluding hydrogens is 384 g/mol. The standard InChI is InChI=1S/C18H15BrN4S/c19-15-8-4-7-14(9-15)17-21-22-18-23(17)12-16(24-18)11-20-10-13-5-2-1-3-6-13/h1-9,12,20H,10-11H2. The highest BCUT2D eigenvalue weighted by molar-refractivity contribution is 9.10. The molecule has 0 unspecified atom stereocenters. The molecule has 0 atom stereocenters. The van der Waals surface area contributed by atoms with Gasteiger partial charge in [-0.05, 0) is 17.7 Å². The Hall–Kier alpha value is -2.02. The Bertz CT molecular complexity index is 961. The van der Waals surface area contributed by atoms with Gasteiger partial charge < -0.3 is 5.32 Å². The van der Waals surface area contributed by atoms with E-state index in [0.717, 1.165) is 33.9 Å². The highest BCUT2D eigenvalue weighted by atomic mass is 79.9. The van der Waals surface area contributed by atoms with Gasteiger partial charge >= 0.3 is 0 Å². The zero-order valence-corrected chi connectivity index (χ0v) is 15.2. The number of nitrogens with zero attached hydrogens (tertiary/aromatic N) is 3. The van der Waals surface area contributed by atoms with E-state index in [0.29, 0.717) is 0 Å². The third kappa shape index (κ3) is 3.26. The number of rotatable bonds is 5. The monoisotopic (exact) mass is 398 g/mol. The molecule has 0 radical (unpaired) electrons. The van der Waals surface area contributed by atoms with Crippen LogP contribution in [0.25, 0.3) is 16.3 Å². The van der Waals surface area contributed by atoms with Crippen molar-refractivity contribution >= 4 is 32.2 Å². The van der Waals surface area contributed by atoms with Gasteiger partial charge in [-0.1, -0.05) is 69.7 Å². The first-order valence-electron chi connectivity index (χ1n) is 7.63. The number of hydrogen-bond acceptors (Lipinski definition) is 4. The minimum Gasteiger partial charge on any atom is -0.308 e. The highest BCUT2D eigenvalue weighted by Gasteiger charge is 2.11. The molecular formula is C18H15BrN4S. The van der Waals surface area contributed by atoms with Crippen molar-refractivity contribution in [3.63, 3.8) is 0 Å². The summed E-state index contributed by atoms with van der Waals surface area (Å²) in [6.45, 7) is 1.68. The quantitative estimate of drug-likeness (QED) is 0.537. The molecule has 4 nitrogen and oxygen atoms in total. The maximum Gasteiger partial charge on any atom is 0.216 e. The molecule has 2 aromatic heterocycles. The van der Waals surface area contributed by atoms with Crippen molar-refractivity contribution in [3.05, 3.63) is 75.7 Å². The largest absolute Gasteiger partial charge is 0.308 e. The molecule has 1 N–H and O–H groups in total. The molecule has 0 saturated heterocycles.